The number of rotatable bonds is 9. The molecule has 3 rings (SSSR count). The van der Waals surface area contributed by atoms with E-state index in [9.17, 15) is 15.2 Å². The smallest absolute Gasteiger partial charge is 0.269 e. The minimum Gasteiger partial charge on any atom is -0.493 e. The number of methoxy groups -OCH3 is 2. The van der Waals surface area contributed by atoms with Gasteiger partial charge in [0.25, 0.3) is 5.69 Å². The molecular weight excluding hydrogens is 396 g/mol. The van der Waals surface area contributed by atoms with Crippen LogP contribution in [0.4, 0.5) is 11.4 Å². The van der Waals surface area contributed by atoms with E-state index in [0.29, 0.717) is 23.5 Å². The molecule has 0 bridgehead atoms. The van der Waals surface area contributed by atoms with Crippen molar-refractivity contribution in [2.24, 2.45) is 0 Å². The first-order valence-corrected chi connectivity index (χ1v) is 9.88. The highest BCUT2D eigenvalue weighted by atomic mass is 16.6. The van der Waals surface area contributed by atoms with Gasteiger partial charge in [-0.25, -0.2) is 0 Å². The van der Waals surface area contributed by atoms with Gasteiger partial charge in [-0.3, -0.25) is 10.1 Å². The number of non-ortho nitro benzene ring substituents is 1. The van der Waals surface area contributed by atoms with Crippen LogP contribution in [0, 0.1) is 17.0 Å². The third kappa shape index (κ3) is 5.52. The summed E-state index contributed by atoms with van der Waals surface area (Å²) in [5, 5.41) is 25.3. The molecule has 0 amide bonds. The predicted molar refractivity (Wildman–Crippen MR) is 120 cm³/mol. The van der Waals surface area contributed by atoms with Gasteiger partial charge >= 0.3 is 0 Å². The van der Waals surface area contributed by atoms with Crippen molar-refractivity contribution in [3.05, 3.63) is 93.5 Å². The maximum atomic E-state index is 11.0. The monoisotopic (exact) mass is 422 g/mol. The molecule has 0 aliphatic carbocycles. The average molecular weight is 422 g/mol. The summed E-state index contributed by atoms with van der Waals surface area (Å²) in [6.07, 6.45) is -0.383. The van der Waals surface area contributed by atoms with E-state index in [1.165, 1.54) is 12.1 Å². The van der Waals surface area contributed by atoms with Crippen molar-refractivity contribution in [3.8, 4) is 11.5 Å². The van der Waals surface area contributed by atoms with Crippen molar-refractivity contribution in [2.45, 2.75) is 25.5 Å². The molecule has 0 heterocycles. The summed E-state index contributed by atoms with van der Waals surface area (Å²) in [5.74, 6) is 1.15. The summed E-state index contributed by atoms with van der Waals surface area (Å²) in [6.45, 7) is 2.01. The van der Waals surface area contributed by atoms with Crippen LogP contribution in [0.5, 0.6) is 11.5 Å². The van der Waals surface area contributed by atoms with Crippen molar-refractivity contribution >= 4 is 11.4 Å². The summed E-state index contributed by atoms with van der Waals surface area (Å²) in [7, 11) is 3.12. The van der Waals surface area contributed by atoms with Gasteiger partial charge in [0.2, 0.25) is 0 Å². The highest BCUT2D eigenvalue weighted by molar-refractivity contribution is 5.50. The van der Waals surface area contributed by atoms with Gasteiger partial charge in [-0.2, -0.15) is 0 Å². The Kier molecular flexibility index (Phi) is 7.10. The predicted octanol–water partition coefficient (Wildman–Crippen LogP) is 5.20. The van der Waals surface area contributed by atoms with Crippen LogP contribution in [-0.4, -0.2) is 24.2 Å². The molecule has 31 heavy (non-hydrogen) atoms. The minimum absolute atomic E-state index is 0.0304. The summed E-state index contributed by atoms with van der Waals surface area (Å²) >= 11 is 0. The Morgan fingerprint density at radius 2 is 1.55 bits per heavy atom. The summed E-state index contributed by atoms with van der Waals surface area (Å²) < 4.78 is 10.6. The topological polar surface area (TPSA) is 93.9 Å². The number of hydrogen-bond donors (Lipinski definition) is 2. The van der Waals surface area contributed by atoms with E-state index in [0.717, 1.165) is 16.8 Å². The van der Waals surface area contributed by atoms with Gasteiger partial charge in [0, 0.05) is 24.2 Å². The number of nitro benzene ring substituents is 1. The van der Waals surface area contributed by atoms with Gasteiger partial charge in [-0.05, 0) is 42.3 Å². The first-order chi connectivity index (χ1) is 14.9. The molecule has 2 unspecified atom stereocenters. The normalized spacial score (nSPS) is 12.6. The number of aryl methyl sites for hydroxylation is 1. The zero-order chi connectivity index (χ0) is 22.4. The molecule has 7 heteroatoms. The van der Waals surface area contributed by atoms with Crippen molar-refractivity contribution in [1.82, 2.24) is 0 Å². The quantitative estimate of drug-likeness (QED) is 0.364. The maximum Gasteiger partial charge on any atom is 0.269 e. The lowest BCUT2D eigenvalue weighted by Crippen LogP contribution is -2.15. The Hall–Kier alpha value is -3.58. The van der Waals surface area contributed by atoms with Gasteiger partial charge in [-0.1, -0.05) is 35.9 Å². The Bertz CT molecular complexity index is 1020. The number of nitrogens with one attached hydrogen (secondary N) is 1. The highest BCUT2D eigenvalue weighted by Gasteiger charge is 2.20. The highest BCUT2D eigenvalue weighted by Crippen LogP contribution is 2.34. The molecule has 0 saturated heterocycles. The molecule has 2 N–H and O–H groups in total. The summed E-state index contributed by atoms with van der Waals surface area (Å²) in [6, 6.07) is 19.4. The molecule has 162 valence electrons. The van der Waals surface area contributed by atoms with Crippen LogP contribution in [-0.2, 0) is 0 Å². The van der Waals surface area contributed by atoms with E-state index in [4.69, 9.17) is 9.47 Å². The third-order valence-electron chi connectivity index (χ3n) is 5.15. The van der Waals surface area contributed by atoms with Crippen molar-refractivity contribution in [1.29, 1.82) is 0 Å². The van der Waals surface area contributed by atoms with Gasteiger partial charge in [0.15, 0.2) is 11.5 Å². The van der Waals surface area contributed by atoms with Gasteiger partial charge in [0.1, 0.15) is 0 Å². The molecule has 0 aromatic heterocycles. The number of anilines is 1. The molecule has 0 radical (unpaired) electrons. The Morgan fingerprint density at radius 1 is 0.935 bits per heavy atom. The van der Waals surface area contributed by atoms with Crippen LogP contribution in [0.25, 0.3) is 0 Å². The largest absolute Gasteiger partial charge is 0.493 e. The lowest BCUT2D eigenvalue weighted by molar-refractivity contribution is -0.384. The molecular formula is C24H26N2O5. The second-order valence-corrected chi connectivity index (χ2v) is 7.28. The first kappa shape index (κ1) is 22.1. The lowest BCUT2D eigenvalue weighted by Gasteiger charge is -2.24. The van der Waals surface area contributed by atoms with Gasteiger partial charge < -0.3 is 19.9 Å². The molecule has 3 aromatic rings. The lowest BCUT2D eigenvalue weighted by atomic mass is 9.95. The number of benzene rings is 3. The standard InChI is InChI=1S/C24H26N2O5/c1-16-4-6-17(7-5-16)21(25-19-9-11-20(12-10-19)26(28)29)15-22(27)18-8-13-23(30-2)24(14-18)31-3/h4-14,21-22,25,27H,15H2,1-3H3. The Morgan fingerprint density at radius 3 is 2.13 bits per heavy atom. The van der Waals surface area contributed by atoms with E-state index < -0.39 is 11.0 Å². The minimum atomic E-state index is -0.767. The molecule has 0 aliphatic rings. The van der Waals surface area contributed by atoms with E-state index in [-0.39, 0.29) is 11.7 Å². The molecule has 7 nitrogen and oxygen atoms in total. The number of aliphatic hydroxyl groups excluding tert-OH is 1. The van der Waals surface area contributed by atoms with Crippen LogP contribution >= 0.6 is 0 Å². The molecule has 0 saturated carbocycles. The molecule has 3 aromatic carbocycles. The first-order valence-electron chi connectivity index (χ1n) is 9.88. The van der Waals surface area contributed by atoms with E-state index in [2.05, 4.69) is 5.32 Å². The molecule has 0 spiro atoms. The fourth-order valence-electron chi connectivity index (χ4n) is 3.38. The maximum absolute atomic E-state index is 11.0. The van der Waals surface area contributed by atoms with Gasteiger partial charge in [-0.15, -0.1) is 0 Å². The van der Waals surface area contributed by atoms with E-state index in [1.54, 1.807) is 38.5 Å². The molecule has 0 aliphatic heterocycles. The second kappa shape index (κ2) is 9.95. The van der Waals surface area contributed by atoms with Crippen LogP contribution in [0.3, 0.4) is 0 Å². The second-order valence-electron chi connectivity index (χ2n) is 7.28. The zero-order valence-electron chi connectivity index (χ0n) is 17.7. The molecule has 2 atom stereocenters. The van der Waals surface area contributed by atoms with Crippen molar-refractivity contribution in [2.75, 3.05) is 19.5 Å². The van der Waals surface area contributed by atoms with Crippen LogP contribution in [0.2, 0.25) is 0 Å². The average Bonchev–Trinajstić information content (AvgIpc) is 2.79. The van der Waals surface area contributed by atoms with Crippen molar-refractivity contribution in [3.63, 3.8) is 0 Å². The fraction of sp³-hybridized carbons (Fsp3) is 0.250. The number of ether oxygens (including phenoxy) is 2. The van der Waals surface area contributed by atoms with Crippen LogP contribution in [0.15, 0.2) is 66.7 Å². The number of aliphatic hydroxyl groups is 1. The summed E-state index contributed by atoms with van der Waals surface area (Å²) in [4.78, 5) is 10.5. The number of hydrogen-bond acceptors (Lipinski definition) is 6. The third-order valence-corrected chi connectivity index (χ3v) is 5.15. The summed E-state index contributed by atoms with van der Waals surface area (Å²) in [5.41, 5.74) is 3.61. The molecule has 0 fully saturated rings. The van der Waals surface area contributed by atoms with E-state index in [1.807, 2.05) is 37.3 Å². The SMILES string of the molecule is COc1ccc(C(O)CC(Nc2ccc([N+](=O)[O-])cc2)c2ccc(C)cc2)cc1OC. The number of nitrogens with zero attached hydrogens (tertiary/aromatic N) is 1. The number of nitro groups is 1. The van der Waals surface area contributed by atoms with E-state index >= 15 is 0 Å². The van der Waals surface area contributed by atoms with Crippen LogP contribution in [0.1, 0.15) is 35.3 Å². The fourth-order valence-corrected chi connectivity index (χ4v) is 3.38. The van der Waals surface area contributed by atoms with Crippen LogP contribution < -0.4 is 14.8 Å². The Labute approximate surface area is 181 Å². The van der Waals surface area contributed by atoms with Gasteiger partial charge in [0.05, 0.1) is 31.3 Å². The Balaban J connectivity index is 1.85. The van der Waals surface area contributed by atoms with Crippen molar-refractivity contribution < 1.29 is 19.5 Å². The zero-order valence-corrected chi connectivity index (χ0v) is 17.7.